The number of likely N-dealkylation sites (N-methyl/N-ethyl adjacent to an activating group) is 2. The summed E-state index contributed by atoms with van der Waals surface area (Å²) in [7, 11) is 2.21. The summed E-state index contributed by atoms with van der Waals surface area (Å²) in [5.41, 5.74) is -0.363. The van der Waals surface area contributed by atoms with Gasteiger partial charge in [0.2, 0.25) is 0 Å². The second kappa shape index (κ2) is 8.61. The first kappa shape index (κ1) is 17.4. The molecule has 0 bridgehead atoms. The smallest absolute Gasteiger partial charge is 0.103 e. The molecule has 1 N–H and O–H groups in total. The highest BCUT2D eigenvalue weighted by molar-refractivity contribution is 5.03. The van der Waals surface area contributed by atoms with E-state index >= 15 is 0 Å². The maximum atomic E-state index is 9.25. The van der Waals surface area contributed by atoms with Crippen LogP contribution >= 0.6 is 0 Å². The van der Waals surface area contributed by atoms with E-state index < -0.39 is 0 Å². The van der Waals surface area contributed by atoms with Crippen LogP contribution in [0.3, 0.4) is 0 Å². The van der Waals surface area contributed by atoms with Crippen molar-refractivity contribution in [1.82, 2.24) is 15.1 Å². The Balaban J connectivity index is 2.26. The minimum atomic E-state index is -0.363. The molecule has 2 atom stereocenters. The number of hydrogen-bond acceptors (Lipinski definition) is 4. The predicted molar refractivity (Wildman–Crippen MR) is 84.7 cm³/mol. The summed E-state index contributed by atoms with van der Waals surface area (Å²) in [4.78, 5) is 5.02. The molecule has 1 rings (SSSR count). The van der Waals surface area contributed by atoms with Crippen LogP contribution in [0.5, 0.6) is 0 Å². The molecule has 1 heterocycles. The zero-order valence-corrected chi connectivity index (χ0v) is 13.8. The second-order valence-corrected chi connectivity index (χ2v) is 6.26. The molecule has 20 heavy (non-hydrogen) atoms. The Morgan fingerprint density at radius 2 is 2.20 bits per heavy atom. The molecule has 4 heteroatoms. The van der Waals surface area contributed by atoms with Gasteiger partial charge in [-0.05, 0) is 65.8 Å². The zero-order chi connectivity index (χ0) is 15.0. The van der Waals surface area contributed by atoms with Gasteiger partial charge in [0.05, 0.1) is 6.07 Å². The van der Waals surface area contributed by atoms with Crippen molar-refractivity contribution in [3.05, 3.63) is 0 Å². The van der Waals surface area contributed by atoms with Crippen LogP contribution in [0.2, 0.25) is 0 Å². The van der Waals surface area contributed by atoms with E-state index in [4.69, 9.17) is 0 Å². The number of likely N-dealkylation sites (tertiary alicyclic amines) is 1. The molecule has 4 nitrogen and oxygen atoms in total. The van der Waals surface area contributed by atoms with Gasteiger partial charge >= 0.3 is 0 Å². The van der Waals surface area contributed by atoms with Gasteiger partial charge in [0.1, 0.15) is 5.54 Å². The fourth-order valence-corrected chi connectivity index (χ4v) is 3.25. The normalized spacial score (nSPS) is 22.9. The van der Waals surface area contributed by atoms with Crippen molar-refractivity contribution in [1.29, 1.82) is 5.26 Å². The summed E-state index contributed by atoms with van der Waals surface area (Å²) in [6.45, 7) is 11.9. The van der Waals surface area contributed by atoms with Crippen LogP contribution in [0.15, 0.2) is 0 Å². The van der Waals surface area contributed by atoms with E-state index in [-0.39, 0.29) is 5.54 Å². The fourth-order valence-electron chi connectivity index (χ4n) is 3.25. The van der Waals surface area contributed by atoms with Crippen molar-refractivity contribution in [2.24, 2.45) is 0 Å². The Hall–Kier alpha value is -0.630. The van der Waals surface area contributed by atoms with E-state index in [0.29, 0.717) is 0 Å². The fraction of sp³-hybridized carbons (Fsp3) is 0.938. The summed E-state index contributed by atoms with van der Waals surface area (Å²) >= 11 is 0. The van der Waals surface area contributed by atoms with Gasteiger partial charge in [-0.3, -0.25) is 10.2 Å². The lowest BCUT2D eigenvalue weighted by Gasteiger charge is -2.28. The Kier molecular flexibility index (Phi) is 7.50. The van der Waals surface area contributed by atoms with Crippen LogP contribution in [-0.4, -0.2) is 61.2 Å². The van der Waals surface area contributed by atoms with Gasteiger partial charge in [0, 0.05) is 12.6 Å². The first-order chi connectivity index (χ1) is 9.54. The van der Waals surface area contributed by atoms with Crippen molar-refractivity contribution in [2.75, 3.05) is 39.8 Å². The molecule has 1 aliphatic heterocycles. The molecule has 0 saturated carbocycles. The van der Waals surface area contributed by atoms with E-state index in [1.807, 2.05) is 6.92 Å². The first-order valence-electron chi connectivity index (χ1n) is 8.13. The zero-order valence-electron chi connectivity index (χ0n) is 13.8. The van der Waals surface area contributed by atoms with E-state index in [9.17, 15) is 5.26 Å². The van der Waals surface area contributed by atoms with Gasteiger partial charge < -0.3 is 4.90 Å². The third kappa shape index (κ3) is 5.40. The van der Waals surface area contributed by atoms with Crippen molar-refractivity contribution in [3.63, 3.8) is 0 Å². The topological polar surface area (TPSA) is 42.3 Å². The molecule has 2 unspecified atom stereocenters. The summed E-state index contributed by atoms with van der Waals surface area (Å²) in [6, 6.07) is 3.14. The molecule has 0 aliphatic carbocycles. The van der Waals surface area contributed by atoms with Crippen LogP contribution in [-0.2, 0) is 0 Å². The maximum absolute atomic E-state index is 9.25. The van der Waals surface area contributed by atoms with Crippen LogP contribution < -0.4 is 5.32 Å². The second-order valence-electron chi connectivity index (χ2n) is 6.26. The first-order valence-corrected chi connectivity index (χ1v) is 8.13. The average Bonchev–Trinajstić information content (AvgIpc) is 2.86. The van der Waals surface area contributed by atoms with Crippen LogP contribution in [0.4, 0.5) is 0 Å². The van der Waals surface area contributed by atoms with E-state index in [0.717, 1.165) is 38.5 Å². The van der Waals surface area contributed by atoms with E-state index in [1.165, 1.54) is 25.9 Å². The minimum Gasteiger partial charge on any atom is -0.305 e. The Morgan fingerprint density at radius 1 is 1.45 bits per heavy atom. The number of nitrogens with one attached hydrogen (secondary N) is 1. The Morgan fingerprint density at radius 3 is 2.80 bits per heavy atom. The van der Waals surface area contributed by atoms with Gasteiger partial charge in [-0.1, -0.05) is 13.8 Å². The number of hydrogen-bond donors (Lipinski definition) is 1. The van der Waals surface area contributed by atoms with Gasteiger partial charge in [0.25, 0.3) is 0 Å². The molecular formula is C16H32N4. The summed E-state index contributed by atoms with van der Waals surface area (Å²) in [6.07, 6.45) is 4.68. The Labute approximate surface area is 125 Å². The van der Waals surface area contributed by atoms with Crippen molar-refractivity contribution in [3.8, 4) is 6.07 Å². The standard InChI is InChI=1S/C16H32N4/c1-5-18-16(3,14-17)10-8-11-19(4)13-15-9-7-12-20(15)6-2/h15,18H,5-13H2,1-4H3. The molecule has 0 amide bonds. The molecule has 1 saturated heterocycles. The SMILES string of the molecule is CCNC(C)(C#N)CCCN(C)CC1CCCN1CC. The average molecular weight is 280 g/mol. The molecule has 0 radical (unpaired) electrons. The quantitative estimate of drug-likeness (QED) is 0.702. The molecular weight excluding hydrogens is 248 g/mol. The lowest BCUT2D eigenvalue weighted by molar-refractivity contribution is 0.194. The van der Waals surface area contributed by atoms with Gasteiger partial charge in [-0.15, -0.1) is 0 Å². The van der Waals surface area contributed by atoms with E-state index in [1.54, 1.807) is 0 Å². The molecule has 0 aromatic carbocycles. The lowest BCUT2D eigenvalue weighted by Crippen LogP contribution is -2.42. The molecule has 0 aromatic heterocycles. The highest BCUT2D eigenvalue weighted by Gasteiger charge is 2.25. The van der Waals surface area contributed by atoms with Gasteiger partial charge in [0.15, 0.2) is 0 Å². The van der Waals surface area contributed by atoms with Crippen molar-refractivity contribution < 1.29 is 0 Å². The third-order valence-electron chi connectivity index (χ3n) is 4.46. The third-order valence-corrected chi connectivity index (χ3v) is 4.46. The van der Waals surface area contributed by atoms with Crippen LogP contribution in [0.1, 0.15) is 46.5 Å². The molecule has 1 aliphatic rings. The molecule has 1 fully saturated rings. The van der Waals surface area contributed by atoms with Crippen LogP contribution in [0.25, 0.3) is 0 Å². The monoisotopic (exact) mass is 280 g/mol. The van der Waals surface area contributed by atoms with Crippen molar-refractivity contribution in [2.45, 2.75) is 58.0 Å². The Bertz CT molecular complexity index is 312. The number of nitriles is 1. The molecule has 0 aromatic rings. The van der Waals surface area contributed by atoms with Gasteiger partial charge in [-0.25, -0.2) is 0 Å². The number of nitrogens with zero attached hydrogens (tertiary/aromatic N) is 3. The van der Waals surface area contributed by atoms with E-state index in [2.05, 4.69) is 42.1 Å². The highest BCUT2D eigenvalue weighted by Crippen LogP contribution is 2.18. The molecule has 116 valence electrons. The molecule has 0 spiro atoms. The van der Waals surface area contributed by atoms with Crippen molar-refractivity contribution >= 4 is 0 Å². The van der Waals surface area contributed by atoms with Gasteiger partial charge in [-0.2, -0.15) is 5.26 Å². The predicted octanol–water partition coefficient (Wildman–Crippen LogP) is 2.07. The minimum absolute atomic E-state index is 0.363. The van der Waals surface area contributed by atoms with Crippen LogP contribution in [0, 0.1) is 11.3 Å². The maximum Gasteiger partial charge on any atom is 0.103 e. The summed E-state index contributed by atoms with van der Waals surface area (Å²) in [5.74, 6) is 0. The number of rotatable bonds is 9. The highest BCUT2D eigenvalue weighted by atomic mass is 15.2. The lowest BCUT2D eigenvalue weighted by atomic mass is 9.97. The largest absolute Gasteiger partial charge is 0.305 e. The summed E-state index contributed by atoms with van der Waals surface area (Å²) in [5, 5.41) is 12.5. The summed E-state index contributed by atoms with van der Waals surface area (Å²) < 4.78 is 0.